The maximum Gasteiger partial charge on any atom is 0.333 e. The Bertz CT molecular complexity index is 479. The molecule has 130 valence electrons. The number of carbonyl (C=O) groups is 1. The molecule has 0 fully saturated rings. The Morgan fingerprint density at radius 2 is 1.78 bits per heavy atom. The van der Waals surface area contributed by atoms with Crippen molar-refractivity contribution >= 4 is 5.97 Å². The van der Waals surface area contributed by atoms with E-state index in [1.54, 1.807) is 26.0 Å². The molecule has 3 nitrogen and oxygen atoms in total. The topological polar surface area (TPSA) is 46.5 Å². The highest BCUT2D eigenvalue weighted by Crippen LogP contribution is 2.15. The van der Waals surface area contributed by atoms with E-state index < -0.39 is 5.60 Å². The molecule has 0 rings (SSSR count). The molecule has 0 aromatic rings. The monoisotopic (exact) mass is 320 g/mol. The molecule has 0 unspecified atom stereocenters. The van der Waals surface area contributed by atoms with Crippen LogP contribution in [0.4, 0.5) is 0 Å². The number of aliphatic hydroxyl groups is 1. The van der Waals surface area contributed by atoms with Crippen molar-refractivity contribution in [1.82, 2.24) is 0 Å². The minimum Gasteiger partial charge on any atom is -0.458 e. The summed E-state index contributed by atoms with van der Waals surface area (Å²) in [5, 5.41) is 9.84. The minimum absolute atomic E-state index is 0.259. The van der Waals surface area contributed by atoms with Crippen molar-refractivity contribution < 1.29 is 14.6 Å². The van der Waals surface area contributed by atoms with Crippen LogP contribution >= 0.6 is 0 Å². The normalized spacial score (nSPS) is 16.0. The summed E-state index contributed by atoms with van der Waals surface area (Å²) in [5.41, 5.74) is 2.20. The minimum atomic E-state index is -0.789. The fraction of sp³-hybridized carbons (Fsp3) is 0.550. The molecule has 0 aliphatic rings. The van der Waals surface area contributed by atoms with Gasteiger partial charge in [-0.3, -0.25) is 0 Å². The first-order valence-electron chi connectivity index (χ1n) is 8.19. The SMILES string of the molecule is C=C[C@@](C)(O)CC/C=C(\C)CC/C=C(/C)COC(=O)/C(C)=C\C. The third kappa shape index (κ3) is 10.7. The molecule has 23 heavy (non-hydrogen) atoms. The summed E-state index contributed by atoms with van der Waals surface area (Å²) in [6.45, 7) is 13.4. The third-order valence-corrected chi connectivity index (χ3v) is 3.80. The van der Waals surface area contributed by atoms with E-state index in [1.807, 2.05) is 13.8 Å². The Morgan fingerprint density at radius 1 is 1.17 bits per heavy atom. The molecule has 1 N–H and O–H groups in total. The lowest BCUT2D eigenvalue weighted by molar-refractivity contribution is -0.138. The molecular weight excluding hydrogens is 288 g/mol. The quantitative estimate of drug-likeness (QED) is 0.354. The summed E-state index contributed by atoms with van der Waals surface area (Å²) < 4.78 is 5.20. The number of carbonyl (C=O) groups excluding carboxylic acids is 1. The summed E-state index contributed by atoms with van der Waals surface area (Å²) in [5.74, 6) is -0.259. The van der Waals surface area contributed by atoms with Crippen LogP contribution in [0, 0.1) is 0 Å². The molecule has 0 amide bonds. The van der Waals surface area contributed by atoms with E-state index in [1.165, 1.54) is 5.57 Å². The fourth-order valence-electron chi connectivity index (χ4n) is 1.83. The molecule has 1 atom stereocenters. The van der Waals surface area contributed by atoms with Gasteiger partial charge < -0.3 is 9.84 Å². The first kappa shape index (κ1) is 21.4. The molecule has 0 radical (unpaired) electrons. The van der Waals surface area contributed by atoms with Crippen LogP contribution in [0.25, 0.3) is 0 Å². The Kier molecular flexibility index (Phi) is 10.2. The van der Waals surface area contributed by atoms with E-state index in [4.69, 9.17) is 4.74 Å². The van der Waals surface area contributed by atoms with Gasteiger partial charge in [0.05, 0.1) is 5.60 Å². The zero-order valence-electron chi connectivity index (χ0n) is 15.3. The highest BCUT2D eigenvalue weighted by molar-refractivity contribution is 5.87. The highest BCUT2D eigenvalue weighted by atomic mass is 16.5. The van der Waals surface area contributed by atoms with Crippen molar-refractivity contribution in [3.63, 3.8) is 0 Å². The maximum absolute atomic E-state index is 11.5. The predicted octanol–water partition coefficient (Wildman–Crippen LogP) is 4.89. The number of hydrogen-bond donors (Lipinski definition) is 1. The van der Waals surface area contributed by atoms with Gasteiger partial charge in [-0.1, -0.05) is 29.9 Å². The van der Waals surface area contributed by atoms with Crippen LogP contribution in [0.15, 0.2) is 47.6 Å². The van der Waals surface area contributed by atoms with Crippen LogP contribution < -0.4 is 0 Å². The molecule has 0 saturated carbocycles. The molecule has 0 aromatic carbocycles. The van der Waals surface area contributed by atoms with Crippen molar-refractivity contribution in [1.29, 1.82) is 0 Å². The standard InChI is InChI=1S/C20H32O3/c1-7-18(5)19(21)23-15-17(4)12-9-11-16(3)13-10-14-20(6,22)8-2/h7-8,12-13,22H,2,9-11,14-15H2,1,3-6H3/b16-13+,17-12-,18-7-/t20-/m1/s1. The first-order valence-corrected chi connectivity index (χ1v) is 8.19. The highest BCUT2D eigenvalue weighted by Gasteiger charge is 2.13. The second-order valence-corrected chi connectivity index (χ2v) is 6.29. The number of ether oxygens (including phenoxy) is 1. The van der Waals surface area contributed by atoms with Crippen LogP contribution in [0.3, 0.4) is 0 Å². The Balaban J connectivity index is 4.11. The van der Waals surface area contributed by atoms with Gasteiger partial charge >= 0.3 is 5.97 Å². The molecule has 3 heteroatoms. The number of esters is 1. The summed E-state index contributed by atoms with van der Waals surface area (Å²) in [6.07, 6.45) is 11.0. The number of rotatable bonds is 10. The average Bonchev–Trinajstić information content (AvgIpc) is 2.51. The first-order chi connectivity index (χ1) is 10.7. The number of hydrogen-bond acceptors (Lipinski definition) is 3. The lowest BCUT2D eigenvalue weighted by Crippen LogP contribution is -2.19. The predicted molar refractivity (Wildman–Crippen MR) is 97.2 cm³/mol. The van der Waals surface area contributed by atoms with E-state index in [9.17, 15) is 9.90 Å². The van der Waals surface area contributed by atoms with Gasteiger partial charge in [-0.05, 0) is 65.9 Å². The van der Waals surface area contributed by atoms with Crippen molar-refractivity contribution in [2.75, 3.05) is 6.61 Å². The van der Waals surface area contributed by atoms with Gasteiger partial charge in [-0.2, -0.15) is 0 Å². The van der Waals surface area contributed by atoms with Crippen molar-refractivity contribution in [3.8, 4) is 0 Å². The maximum atomic E-state index is 11.5. The van der Waals surface area contributed by atoms with Gasteiger partial charge in [-0.25, -0.2) is 4.79 Å². The van der Waals surface area contributed by atoms with Gasteiger partial charge in [0.1, 0.15) is 6.61 Å². The van der Waals surface area contributed by atoms with E-state index in [-0.39, 0.29) is 5.97 Å². The smallest absolute Gasteiger partial charge is 0.333 e. The van der Waals surface area contributed by atoms with Gasteiger partial charge in [0.15, 0.2) is 0 Å². The van der Waals surface area contributed by atoms with Crippen LogP contribution in [0.1, 0.15) is 60.3 Å². The van der Waals surface area contributed by atoms with Gasteiger partial charge in [0.25, 0.3) is 0 Å². The van der Waals surface area contributed by atoms with Crippen molar-refractivity contribution in [2.45, 2.75) is 65.9 Å². The van der Waals surface area contributed by atoms with Crippen molar-refractivity contribution in [3.05, 3.63) is 47.6 Å². The van der Waals surface area contributed by atoms with E-state index >= 15 is 0 Å². The second kappa shape index (κ2) is 11.0. The molecule has 0 aliphatic carbocycles. The largest absolute Gasteiger partial charge is 0.458 e. The van der Waals surface area contributed by atoms with Crippen LogP contribution in [0.5, 0.6) is 0 Å². The summed E-state index contributed by atoms with van der Waals surface area (Å²) in [4.78, 5) is 11.5. The third-order valence-electron chi connectivity index (χ3n) is 3.80. The lowest BCUT2D eigenvalue weighted by atomic mass is 9.99. The Hall–Kier alpha value is -1.61. The summed E-state index contributed by atoms with van der Waals surface area (Å²) >= 11 is 0. The number of allylic oxidation sites excluding steroid dienone is 4. The van der Waals surface area contributed by atoms with Crippen LogP contribution in [0.2, 0.25) is 0 Å². The zero-order chi connectivity index (χ0) is 17.9. The molecule has 0 heterocycles. The zero-order valence-corrected chi connectivity index (χ0v) is 15.3. The molecule has 0 bridgehead atoms. The Labute approximate surface area is 141 Å². The van der Waals surface area contributed by atoms with Crippen molar-refractivity contribution in [2.24, 2.45) is 0 Å². The van der Waals surface area contributed by atoms with Crippen LogP contribution in [-0.4, -0.2) is 23.3 Å². The molecule has 0 spiro atoms. The summed E-state index contributed by atoms with van der Waals surface area (Å²) in [6, 6.07) is 0. The lowest BCUT2D eigenvalue weighted by Gasteiger charge is -2.16. The second-order valence-electron chi connectivity index (χ2n) is 6.29. The molecule has 0 aliphatic heterocycles. The van der Waals surface area contributed by atoms with E-state index in [0.29, 0.717) is 18.6 Å². The van der Waals surface area contributed by atoms with E-state index in [0.717, 1.165) is 24.8 Å². The fourth-order valence-corrected chi connectivity index (χ4v) is 1.83. The van der Waals surface area contributed by atoms with Gasteiger partial charge in [-0.15, -0.1) is 6.58 Å². The van der Waals surface area contributed by atoms with Crippen LogP contribution in [-0.2, 0) is 9.53 Å². The molecular formula is C20H32O3. The molecule has 0 saturated heterocycles. The molecule has 0 aromatic heterocycles. The van der Waals surface area contributed by atoms with Gasteiger partial charge in [0, 0.05) is 5.57 Å². The Morgan fingerprint density at radius 3 is 2.35 bits per heavy atom. The summed E-state index contributed by atoms with van der Waals surface area (Å²) in [7, 11) is 0. The average molecular weight is 320 g/mol. The van der Waals surface area contributed by atoms with E-state index in [2.05, 4.69) is 25.7 Å². The van der Waals surface area contributed by atoms with Gasteiger partial charge in [0.2, 0.25) is 0 Å².